The Labute approximate surface area is 116 Å². The molecular weight excluding hydrogens is 256 g/mol. The maximum absolute atomic E-state index is 11.9. The lowest BCUT2D eigenvalue weighted by molar-refractivity contribution is 0.104. The zero-order valence-electron chi connectivity index (χ0n) is 10.9. The minimum atomic E-state index is -0.180. The molecule has 0 amide bonds. The second-order valence-corrected chi connectivity index (χ2v) is 4.17. The number of ether oxygens (including phenoxy) is 1. The van der Waals surface area contributed by atoms with Crippen molar-refractivity contribution in [3.63, 3.8) is 0 Å². The van der Waals surface area contributed by atoms with Crippen molar-refractivity contribution in [2.24, 2.45) is 0 Å². The number of hydrogen-bond donors (Lipinski definition) is 2. The van der Waals surface area contributed by atoms with Crippen LogP contribution in [0.5, 0.6) is 17.2 Å². The lowest BCUT2D eigenvalue weighted by Gasteiger charge is -2.01. The van der Waals surface area contributed by atoms with Crippen LogP contribution >= 0.6 is 0 Å². The number of carbonyl (C=O) groups is 1. The third kappa shape index (κ3) is 3.17. The van der Waals surface area contributed by atoms with E-state index < -0.39 is 0 Å². The molecule has 20 heavy (non-hydrogen) atoms. The Morgan fingerprint density at radius 1 is 1.10 bits per heavy atom. The summed E-state index contributed by atoms with van der Waals surface area (Å²) in [6.07, 6.45) is 2.87. The summed E-state index contributed by atoms with van der Waals surface area (Å²) in [6.45, 7) is 0. The van der Waals surface area contributed by atoms with Gasteiger partial charge in [0.2, 0.25) is 0 Å². The van der Waals surface area contributed by atoms with Gasteiger partial charge in [-0.3, -0.25) is 4.79 Å². The highest BCUT2D eigenvalue weighted by atomic mass is 16.5. The number of hydrogen-bond acceptors (Lipinski definition) is 4. The first kappa shape index (κ1) is 13.7. The van der Waals surface area contributed by atoms with Crippen molar-refractivity contribution < 1.29 is 19.7 Å². The van der Waals surface area contributed by atoms with Crippen LogP contribution in [0.1, 0.15) is 15.9 Å². The molecule has 2 rings (SSSR count). The third-order valence-corrected chi connectivity index (χ3v) is 2.80. The highest BCUT2D eigenvalue weighted by molar-refractivity contribution is 6.07. The molecular formula is C16H14O4. The van der Waals surface area contributed by atoms with Gasteiger partial charge in [0, 0.05) is 17.2 Å². The Morgan fingerprint density at radius 2 is 1.80 bits per heavy atom. The van der Waals surface area contributed by atoms with Crippen LogP contribution in [0.3, 0.4) is 0 Å². The highest BCUT2D eigenvalue weighted by Gasteiger charge is 2.03. The molecule has 0 heterocycles. The summed E-state index contributed by atoms with van der Waals surface area (Å²) >= 11 is 0. The molecule has 2 aromatic rings. The van der Waals surface area contributed by atoms with Gasteiger partial charge in [-0.25, -0.2) is 0 Å². The molecule has 0 aliphatic carbocycles. The molecule has 0 spiro atoms. The molecule has 0 saturated heterocycles. The normalized spacial score (nSPS) is 10.7. The second kappa shape index (κ2) is 5.93. The molecule has 0 saturated carbocycles. The first-order valence-corrected chi connectivity index (χ1v) is 5.98. The predicted octanol–water partition coefficient (Wildman–Crippen LogP) is 3.00. The van der Waals surface area contributed by atoms with E-state index in [4.69, 9.17) is 4.74 Å². The predicted molar refractivity (Wildman–Crippen MR) is 76.1 cm³/mol. The summed E-state index contributed by atoms with van der Waals surface area (Å²) in [7, 11) is 1.56. The Morgan fingerprint density at radius 3 is 2.40 bits per heavy atom. The summed E-state index contributed by atoms with van der Waals surface area (Å²) in [4.78, 5) is 11.9. The molecule has 2 aromatic carbocycles. The fraction of sp³-hybridized carbons (Fsp3) is 0.0625. The summed E-state index contributed by atoms with van der Waals surface area (Å²) in [6, 6.07) is 10.9. The second-order valence-electron chi connectivity index (χ2n) is 4.17. The van der Waals surface area contributed by atoms with Crippen molar-refractivity contribution in [3.05, 3.63) is 59.7 Å². The number of aromatic hydroxyl groups is 2. The van der Waals surface area contributed by atoms with E-state index in [1.54, 1.807) is 31.4 Å². The molecule has 0 radical (unpaired) electrons. The Bertz CT molecular complexity index is 642. The molecule has 102 valence electrons. The molecule has 4 heteroatoms. The summed E-state index contributed by atoms with van der Waals surface area (Å²) in [5.41, 5.74) is 0.991. The Kier molecular flexibility index (Phi) is 4.05. The maximum Gasteiger partial charge on any atom is 0.185 e. The number of ketones is 1. The number of allylic oxidation sites excluding steroid dienone is 1. The van der Waals surface area contributed by atoms with Crippen molar-refractivity contribution in [1.82, 2.24) is 0 Å². The van der Waals surface area contributed by atoms with Gasteiger partial charge in [0.05, 0.1) is 7.11 Å². The number of carbonyl (C=O) groups excluding carboxylic acids is 1. The largest absolute Gasteiger partial charge is 0.508 e. The van der Waals surface area contributed by atoms with E-state index in [1.165, 1.54) is 30.4 Å². The van der Waals surface area contributed by atoms with Crippen LogP contribution in [0.2, 0.25) is 0 Å². The number of phenols is 2. The lowest BCUT2D eigenvalue weighted by atomic mass is 10.1. The van der Waals surface area contributed by atoms with Crippen molar-refractivity contribution in [1.29, 1.82) is 0 Å². The van der Waals surface area contributed by atoms with Crippen LogP contribution in [-0.2, 0) is 0 Å². The van der Waals surface area contributed by atoms with E-state index in [1.807, 2.05) is 0 Å². The van der Waals surface area contributed by atoms with Gasteiger partial charge in [-0.1, -0.05) is 0 Å². The van der Waals surface area contributed by atoms with E-state index in [2.05, 4.69) is 0 Å². The van der Waals surface area contributed by atoms with E-state index in [0.29, 0.717) is 16.9 Å². The van der Waals surface area contributed by atoms with E-state index >= 15 is 0 Å². The summed E-state index contributed by atoms with van der Waals surface area (Å²) < 4.78 is 5.02. The molecule has 0 fully saturated rings. The third-order valence-electron chi connectivity index (χ3n) is 2.80. The van der Waals surface area contributed by atoms with Crippen LogP contribution in [-0.4, -0.2) is 23.1 Å². The number of rotatable bonds is 4. The standard InChI is InChI=1S/C16H14O4/c1-20-14-7-3-11(4-8-14)15(18)9-5-12-2-6-13(17)10-16(12)19/h2-10,17,19H,1H3/b9-5+. The fourth-order valence-corrected chi connectivity index (χ4v) is 1.69. The van der Waals surface area contributed by atoms with Crippen molar-refractivity contribution >= 4 is 11.9 Å². The van der Waals surface area contributed by atoms with E-state index in [9.17, 15) is 15.0 Å². The molecule has 0 aliphatic heterocycles. The minimum absolute atomic E-state index is 0.0267. The molecule has 4 nitrogen and oxygen atoms in total. The van der Waals surface area contributed by atoms with Crippen LogP contribution in [0.25, 0.3) is 6.08 Å². The fourth-order valence-electron chi connectivity index (χ4n) is 1.69. The zero-order valence-corrected chi connectivity index (χ0v) is 10.9. The first-order chi connectivity index (χ1) is 9.60. The number of methoxy groups -OCH3 is 1. The molecule has 2 N–H and O–H groups in total. The van der Waals surface area contributed by atoms with Crippen molar-refractivity contribution in [2.75, 3.05) is 7.11 Å². The first-order valence-electron chi connectivity index (χ1n) is 5.98. The van der Waals surface area contributed by atoms with E-state index in [0.717, 1.165) is 0 Å². The SMILES string of the molecule is COc1ccc(C(=O)/C=C/c2ccc(O)cc2O)cc1. The molecule has 0 bridgehead atoms. The van der Waals surface area contributed by atoms with Gasteiger partial charge in [-0.15, -0.1) is 0 Å². The topological polar surface area (TPSA) is 66.8 Å². The molecule has 0 aromatic heterocycles. The summed E-state index contributed by atoms with van der Waals surface area (Å²) in [5.74, 6) is 0.395. The van der Waals surface area contributed by atoms with Crippen molar-refractivity contribution in [2.45, 2.75) is 0 Å². The Balaban J connectivity index is 2.15. The highest BCUT2D eigenvalue weighted by Crippen LogP contribution is 2.23. The van der Waals surface area contributed by atoms with Gasteiger partial charge in [0.15, 0.2) is 5.78 Å². The minimum Gasteiger partial charge on any atom is -0.508 e. The van der Waals surface area contributed by atoms with Crippen LogP contribution in [0, 0.1) is 0 Å². The van der Waals surface area contributed by atoms with Gasteiger partial charge >= 0.3 is 0 Å². The van der Waals surface area contributed by atoms with Crippen LogP contribution in [0.4, 0.5) is 0 Å². The van der Waals surface area contributed by atoms with E-state index in [-0.39, 0.29) is 17.3 Å². The van der Waals surface area contributed by atoms with Crippen molar-refractivity contribution in [3.8, 4) is 17.2 Å². The van der Waals surface area contributed by atoms with Gasteiger partial charge in [-0.2, -0.15) is 0 Å². The van der Waals surface area contributed by atoms with Gasteiger partial charge in [0.25, 0.3) is 0 Å². The molecule has 0 atom stereocenters. The average molecular weight is 270 g/mol. The average Bonchev–Trinajstić information content (AvgIpc) is 2.46. The van der Waals surface area contributed by atoms with Gasteiger partial charge < -0.3 is 14.9 Å². The quantitative estimate of drug-likeness (QED) is 0.662. The smallest absolute Gasteiger partial charge is 0.185 e. The maximum atomic E-state index is 11.9. The van der Waals surface area contributed by atoms with Crippen LogP contribution < -0.4 is 4.74 Å². The van der Waals surface area contributed by atoms with Gasteiger partial charge in [0.1, 0.15) is 17.2 Å². The molecule has 0 unspecified atom stereocenters. The number of benzene rings is 2. The Hall–Kier alpha value is -2.75. The molecule has 0 aliphatic rings. The zero-order chi connectivity index (χ0) is 14.5. The summed E-state index contributed by atoms with van der Waals surface area (Å²) in [5, 5.41) is 18.8. The monoisotopic (exact) mass is 270 g/mol. The number of phenolic OH excluding ortho intramolecular Hbond substituents is 2. The lowest BCUT2D eigenvalue weighted by Crippen LogP contribution is -1.94. The van der Waals surface area contributed by atoms with Gasteiger partial charge in [-0.05, 0) is 48.6 Å². The van der Waals surface area contributed by atoms with Crippen LogP contribution in [0.15, 0.2) is 48.5 Å².